The number of carbonyl (C=O) groups excluding carboxylic acids is 1. The molecule has 0 spiro atoms. The Labute approximate surface area is 157 Å². The molecule has 0 saturated carbocycles. The Morgan fingerprint density at radius 3 is 2.54 bits per heavy atom. The zero-order valence-corrected chi connectivity index (χ0v) is 15.0. The lowest BCUT2D eigenvalue weighted by Gasteiger charge is -2.00. The van der Waals surface area contributed by atoms with E-state index < -0.39 is 0 Å². The molecule has 8 heteroatoms. The number of ketones is 1. The number of phenolic OH excluding ortho intramolecular Hbond substituents is 1. The number of phenols is 1. The van der Waals surface area contributed by atoms with Gasteiger partial charge < -0.3 is 5.11 Å². The Morgan fingerprint density at radius 1 is 1.19 bits per heavy atom. The van der Waals surface area contributed by atoms with Crippen LogP contribution in [-0.2, 0) is 6.54 Å². The summed E-state index contributed by atoms with van der Waals surface area (Å²) in [4.78, 5) is 13.4. The van der Waals surface area contributed by atoms with Crippen molar-refractivity contribution < 1.29 is 9.90 Å². The third-order valence-electron chi connectivity index (χ3n) is 3.47. The lowest BCUT2D eigenvalue weighted by Crippen LogP contribution is -2.13. The van der Waals surface area contributed by atoms with Gasteiger partial charge >= 0.3 is 0 Å². The predicted octanol–water partition coefficient (Wildman–Crippen LogP) is 3.09. The van der Waals surface area contributed by atoms with Gasteiger partial charge in [0.15, 0.2) is 5.78 Å². The monoisotopic (exact) mass is 409 g/mol. The van der Waals surface area contributed by atoms with E-state index in [0.717, 1.165) is 9.27 Å². The normalized spacial score (nSPS) is 11.2. The van der Waals surface area contributed by atoms with Crippen LogP contribution >= 0.6 is 15.9 Å². The standard InChI is InChI=1S/C18H12BrN5O2/c19-15-5-3-13(4-6-15)17(26)11-24-22-18(21-23-24)14(10-20)9-12-1-7-16(25)8-2-12/h1-9,25H,11H2/b14-9+. The predicted molar refractivity (Wildman–Crippen MR) is 97.9 cm³/mol. The lowest BCUT2D eigenvalue weighted by atomic mass is 10.1. The minimum Gasteiger partial charge on any atom is -0.508 e. The first-order valence-electron chi connectivity index (χ1n) is 7.53. The molecule has 0 amide bonds. The highest BCUT2D eigenvalue weighted by atomic mass is 79.9. The van der Waals surface area contributed by atoms with Crippen LogP contribution in [0.1, 0.15) is 21.7 Å². The molecule has 1 N–H and O–H groups in total. The number of benzene rings is 2. The zero-order valence-electron chi connectivity index (χ0n) is 13.4. The maximum atomic E-state index is 12.2. The quantitative estimate of drug-likeness (QED) is 0.512. The summed E-state index contributed by atoms with van der Waals surface area (Å²) < 4.78 is 0.883. The van der Waals surface area contributed by atoms with Crippen molar-refractivity contribution in [3.8, 4) is 11.8 Å². The summed E-state index contributed by atoms with van der Waals surface area (Å²) in [7, 11) is 0. The van der Waals surface area contributed by atoms with E-state index in [1.807, 2.05) is 6.07 Å². The van der Waals surface area contributed by atoms with Crippen LogP contribution in [0.15, 0.2) is 53.0 Å². The molecule has 0 bridgehead atoms. The second-order valence-corrected chi connectivity index (χ2v) is 6.25. The lowest BCUT2D eigenvalue weighted by molar-refractivity contribution is 0.0961. The molecule has 26 heavy (non-hydrogen) atoms. The van der Waals surface area contributed by atoms with Crippen LogP contribution < -0.4 is 0 Å². The third kappa shape index (κ3) is 4.20. The van der Waals surface area contributed by atoms with Gasteiger partial charge in [-0.3, -0.25) is 4.79 Å². The highest BCUT2D eigenvalue weighted by molar-refractivity contribution is 9.10. The van der Waals surface area contributed by atoms with Crippen LogP contribution in [0.4, 0.5) is 0 Å². The summed E-state index contributed by atoms with van der Waals surface area (Å²) in [5, 5.41) is 30.4. The van der Waals surface area contributed by atoms with Gasteiger partial charge in [0.05, 0.1) is 0 Å². The van der Waals surface area contributed by atoms with E-state index >= 15 is 0 Å². The van der Waals surface area contributed by atoms with Crippen molar-refractivity contribution in [2.45, 2.75) is 6.54 Å². The fourth-order valence-corrected chi connectivity index (χ4v) is 2.42. The van der Waals surface area contributed by atoms with Gasteiger partial charge in [0, 0.05) is 10.0 Å². The van der Waals surface area contributed by atoms with E-state index in [4.69, 9.17) is 0 Å². The highest BCUT2D eigenvalue weighted by Gasteiger charge is 2.12. The Morgan fingerprint density at radius 2 is 1.88 bits per heavy atom. The number of hydrogen-bond acceptors (Lipinski definition) is 6. The summed E-state index contributed by atoms with van der Waals surface area (Å²) in [6.07, 6.45) is 1.58. The van der Waals surface area contributed by atoms with Crippen molar-refractivity contribution in [3.63, 3.8) is 0 Å². The Balaban J connectivity index is 1.77. The molecule has 128 valence electrons. The fourth-order valence-electron chi connectivity index (χ4n) is 2.16. The number of Topliss-reactive ketones (excluding diaryl/α,β-unsaturated/α-hetero) is 1. The SMILES string of the molecule is N#C/C(=C\c1ccc(O)cc1)c1nnn(CC(=O)c2ccc(Br)cc2)n1. The van der Waals surface area contributed by atoms with E-state index in [1.165, 1.54) is 12.1 Å². The summed E-state index contributed by atoms with van der Waals surface area (Å²) in [5.74, 6) is 0.0998. The first-order chi connectivity index (χ1) is 12.5. The molecule has 3 rings (SSSR count). The summed E-state index contributed by atoms with van der Waals surface area (Å²) >= 11 is 3.32. The summed E-state index contributed by atoms with van der Waals surface area (Å²) in [6.45, 7) is -0.0768. The Kier molecular flexibility index (Phi) is 5.20. The van der Waals surface area contributed by atoms with Crippen LogP contribution in [0.2, 0.25) is 0 Å². The summed E-state index contributed by atoms with van der Waals surface area (Å²) in [6, 6.07) is 15.3. The number of carbonyl (C=O) groups is 1. The smallest absolute Gasteiger partial charge is 0.215 e. The maximum Gasteiger partial charge on any atom is 0.215 e. The third-order valence-corrected chi connectivity index (χ3v) is 4.00. The minimum absolute atomic E-state index is 0.0768. The number of hydrogen-bond donors (Lipinski definition) is 1. The Hall–Kier alpha value is -3.31. The number of aromatic hydroxyl groups is 1. The molecule has 0 aliphatic carbocycles. The number of halogens is 1. The van der Waals surface area contributed by atoms with Crippen LogP contribution in [-0.4, -0.2) is 31.1 Å². The van der Waals surface area contributed by atoms with Gasteiger partial charge in [-0.1, -0.05) is 40.2 Å². The topological polar surface area (TPSA) is 105 Å². The average Bonchev–Trinajstić information content (AvgIpc) is 3.10. The van der Waals surface area contributed by atoms with Crippen molar-refractivity contribution in [1.29, 1.82) is 5.26 Å². The highest BCUT2D eigenvalue weighted by Crippen LogP contribution is 2.16. The van der Waals surface area contributed by atoms with Gasteiger partial charge in [-0.05, 0) is 41.1 Å². The van der Waals surface area contributed by atoms with Gasteiger partial charge in [-0.2, -0.15) is 10.1 Å². The van der Waals surface area contributed by atoms with Crippen LogP contribution in [0.25, 0.3) is 11.6 Å². The zero-order chi connectivity index (χ0) is 18.5. The average molecular weight is 410 g/mol. The summed E-state index contributed by atoms with van der Waals surface area (Å²) in [5.41, 5.74) is 1.45. The molecule has 0 atom stereocenters. The molecular formula is C18H12BrN5O2. The molecule has 0 unspecified atom stereocenters. The minimum atomic E-state index is -0.164. The molecule has 3 aromatic rings. The van der Waals surface area contributed by atoms with E-state index in [-0.39, 0.29) is 29.5 Å². The molecule has 0 aliphatic rings. The number of tetrazole rings is 1. The van der Waals surface area contributed by atoms with Crippen molar-refractivity contribution in [3.05, 3.63) is 70.0 Å². The van der Waals surface area contributed by atoms with Gasteiger partial charge in [-0.25, -0.2) is 0 Å². The second kappa shape index (κ2) is 7.72. The van der Waals surface area contributed by atoms with Crippen LogP contribution in [0.3, 0.4) is 0 Å². The molecule has 0 radical (unpaired) electrons. The molecule has 0 saturated heterocycles. The first-order valence-corrected chi connectivity index (χ1v) is 8.32. The molecule has 7 nitrogen and oxygen atoms in total. The van der Waals surface area contributed by atoms with E-state index in [1.54, 1.807) is 42.5 Å². The molecule has 1 heterocycles. The number of rotatable bonds is 5. The van der Waals surface area contributed by atoms with Crippen molar-refractivity contribution in [1.82, 2.24) is 20.2 Å². The van der Waals surface area contributed by atoms with Gasteiger partial charge in [0.25, 0.3) is 0 Å². The van der Waals surface area contributed by atoms with E-state index in [0.29, 0.717) is 11.1 Å². The van der Waals surface area contributed by atoms with Crippen molar-refractivity contribution in [2.75, 3.05) is 0 Å². The Bertz CT molecular complexity index is 1000. The molecule has 1 aromatic heterocycles. The number of nitriles is 1. The number of aromatic nitrogens is 4. The van der Waals surface area contributed by atoms with Crippen molar-refractivity contribution in [2.24, 2.45) is 0 Å². The fraction of sp³-hybridized carbons (Fsp3) is 0.0556. The molecular weight excluding hydrogens is 398 g/mol. The maximum absolute atomic E-state index is 12.2. The first kappa shape index (κ1) is 17.5. The van der Waals surface area contributed by atoms with E-state index in [2.05, 4.69) is 31.3 Å². The molecule has 0 fully saturated rings. The van der Waals surface area contributed by atoms with Gasteiger partial charge in [0.2, 0.25) is 5.82 Å². The van der Waals surface area contributed by atoms with Crippen LogP contribution in [0.5, 0.6) is 5.75 Å². The molecule has 0 aliphatic heterocycles. The largest absolute Gasteiger partial charge is 0.508 e. The second-order valence-electron chi connectivity index (χ2n) is 5.33. The number of allylic oxidation sites excluding steroid dienone is 1. The van der Waals surface area contributed by atoms with Gasteiger partial charge in [0.1, 0.15) is 23.9 Å². The van der Waals surface area contributed by atoms with Crippen molar-refractivity contribution >= 4 is 33.4 Å². The van der Waals surface area contributed by atoms with Crippen LogP contribution in [0, 0.1) is 11.3 Å². The number of nitrogens with zero attached hydrogens (tertiary/aromatic N) is 5. The van der Waals surface area contributed by atoms with E-state index in [9.17, 15) is 15.2 Å². The molecule has 2 aromatic carbocycles. The van der Waals surface area contributed by atoms with Gasteiger partial charge in [-0.15, -0.1) is 10.2 Å².